The Balaban J connectivity index is 1.77. The number of amides is 1. The second kappa shape index (κ2) is 11.2. The third kappa shape index (κ3) is 7.73. The fraction of sp³-hybridized carbons (Fsp3) is 0.462. The average Bonchev–Trinajstić information content (AvgIpc) is 3.25. The van der Waals surface area contributed by atoms with Gasteiger partial charge in [0, 0.05) is 6.54 Å². The predicted molar refractivity (Wildman–Crippen MR) is 143 cm³/mol. The van der Waals surface area contributed by atoms with Crippen molar-refractivity contribution in [2.45, 2.75) is 69.6 Å². The Bertz CT molecular complexity index is 1270. The summed E-state index contributed by atoms with van der Waals surface area (Å²) in [4.78, 5) is 17.4. The van der Waals surface area contributed by atoms with Crippen LogP contribution in [0.1, 0.15) is 46.6 Å². The van der Waals surface area contributed by atoms with Crippen molar-refractivity contribution in [1.82, 2.24) is 15.4 Å². The van der Waals surface area contributed by atoms with Gasteiger partial charge in [0.2, 0.25) is 0 Å². The van der Waals surface area contributed by atoms with Crippen LogP contribution in [0.4, 0.5) is 4.79 Å². The standard InChI is InChI=1S/C26H35N3O5S2/c1-6-20(14-19-10-8-7-9-11-19)29(24(30)34-25(2,3)4)28-16-26(5,31)17-36(32,33)21-12-13-22-23(15-21)35-18-27-22/h7-13,15,18,20,28,31H,6,14,16-17H2,1-5H3/t20-,26+/m0/s1. The molecule has 0 bridgehead atoms. The fourth-order valence-electron chi connectivity index (χ4n) is 3.79. The Morgan fingerprint density at radius 1 is 1.17 bits per heavy atom. The summed E-state index contributed by atoms with van der Waals surface area (Å²) in [5, 5.41) is 12.4. The zero-order valence-corrected chi connectivity index (χ0v) is 23.0. The first-order valence-corrected chi connectivity index (χ1v) is 14.4. The zero-order chi connectivity index (χ0) is 26.6. The number of benzene rings is 2. The van der Waals surface area contributed by atoms with Crippen LogP contribution in [-0.4, -0.2) is 59.2 Å². The van der Waals surface area contributed by atoms with Crippen molar-refractivity contribution in [2.24, 2.45) is 0 Å². The summed E-state index contributed by atoms with van der Waals surface area (Å²) < 4.78 is 32.6. The van der Waals surface area contributed by atoms with Crippen LogP contribution < -0.4 is 5.43 Å². The molecule has 1 aromatic heterocycles. The van der Waals surface area contributed by atoms with E-state index < -0.39 is 32.9 Å². The van der Waals surface area contributed by atoms with E-state index in [1.807, 2.05) is 37.3 Å². The Morgan fingerprint density at radius 2 is 1.86 bits per heavy atom. The monoisotopic (exact) mass is 533 g/mol. The van der Waals surface area contributed by atoms with Crippen molar-refractivity contribution in [1.29, 1.82) is 0 Å². The molecule has 3 aromatic rings. The van der Waals surface area contributed by atoms with Gasteiger partial charge in [-0.05, 0) is 64.3 Å². The van der Waals surface area contributed by atoms with Crippen molar-refractivity contribution in [3.8, 4) is 0 Å². The van der Waals surface area contributed by atoms with E-state index >= 15 is 0 Å². The summed E-state index contributed by atoms with van der Waals surface area (Å²) in [6, 6.07) is 14.2. The van der Waals surface area contributed by atoms with E-state index in [4.69, 9.17) is 4.74 Å². The van der Waals surface area contributed by atoms with Gasteiger partial charge in [0.15, 0.2) is 9.84 Å². The number of hydrazine groups is 1. The van der Waals surface area contributed by atoms with Gasteiger partial charge in [-0.2, -0.15) is 0 Å². The van der Waals surface area contributed by atoms with Gasteiger partial charge in [0.1, 0.15) is 5.60 Å². The van der Waals surface area contributed by atoms with Crippen LogP contribution in [0.25, 0.3) is 10.2 Å². The second-order valence-electron chi connectivity index (χ2n) is 10.2. The quantitative estimate of drug-likeness (QED) is 0.367. The molecule has 2 atom stereocenters. The third-order valence-corrected chi connectivity index (χ3v) is 8.30. The maximum atomic E-state index is 13.1. The van der Waals surface area contributed by atoms with Gasteiger partial charge in [-0.1, -0.05) is 37.3 Å². The Morgan fingerprint density at radius 3 is 2.50 bits per heavy atom. The molecule has 36 heavy (non-hydrogen) atoms. The van der Waals surface area contributed by atoms with Crippen molar-refractivity contribution in [2.75, 3.05) is 12.3 Å². The summed E-state index contributed by atoms with van der Waals surface area (Å²) in [6.07, 6.45) is 0.606. The number of fused-ring (bicyclic) bond motifs is 1. The molecule has 2 N–H and O–H groups in total. The number of aliphatic hydroxyl groups is 1. The first kappa shape index (κ1) is 28.0. The Labute approximate surface area is 217 Å². The molecule has 8 nitrogen and oxygen atoms in total. The first-order chi connectivity index (χ1) is 16.8. The Kier molecular flexibility index (Phi) is 8.76. The maximum Gasteiger partial charge on any atom is 0.425 e. The number of carbonyl (C=O) groups excluding carboxylic acids is 1. The largest absolute Gasteiger partial charge is 0.443 e. The summed E-state index contributed by atoms with van der Waals surface area (Å²) in [5.74, 6) is -0.519. The number of aromatic nitrogens is 1. The van der Waals surface area contributed by atoms with E-state index in [0.29, 0.717) is 12.8 Å². The van der Waals surface area contributed by atoms with Crippen LogP contribution in [0.3, 0.4) is 0 Å². The molecule has 1 heterocycles. The molecule has 0 aliphatic rings. The van der Waals surface area contributed by atoms with Crippen LogP contribution in [0.5, 0.6) is 0 Å². The van der Waals surface area contributed by atoms with Gasteiger partial charge in [0.25, 0.3) is 0 Å². The molecule has 1 amide bonds. The lowest BCUT2D eigenvalue weighted by Crippen LogP contribution is -2.56. The minimum atomic E-state index is -3.80. The topological polar surface area (TPSA) is 109 Å². The second-order valence-corrected chi connectivity index (χ2v) is 13.1. The zero-order valence-electron chi connectivity index (χ0n) is 21.4. The number of ether oxygens (including phenoxy) is 1. The minimum absolute atomic E-state index is 0.124. The highest BCUT2D eigenvalue weighted by atomic mass is 32.2. The van der Waals surface area contributed by atoms with Crippen LogP contribution in [-0.2, 0) is 21.0 Å². The molecule has 3 rings (SSSR count). The van der Waals surface area contributed by atoms with E-state index in [1.165, 1.54) is 29.3 Å². The van der Waals surface area contributed by atoms with Crippen LogP contribution in [0, 0.1) is 0 Å². The van der Waals surface area contributed by atoms with E-state index in [0.717, 1.165) is 15.8 Å². The van der Waals surface area contributed by atoms with Gasteiger partial charge in [-0.3, -0.25) is 0 Å². The first-order valence-electron chi connectivity index (χ1n) is 11.9. The number of hydrogen-bond donors (Lipinski definition) is 2. The summed E-state index contributed by atoms with van der Waals surface area (Å²) >= 11 is 1.36. The molecule has 0 radical (unpaired) electrons. The lowest BCUT2D eigenvalue weighted by Gasteiger charge is -2.35. The lowest BCUT2D eigenvalue weighted by molar-refractivity contribution is -0.0111. The summed E-state index contributed by atoms with van der Waals surface area (Å²) in [7, 11) is -3.80. The van der Waals surface area contributed by atoms with Crippen LogP contribution >= 0.6 is 11.3 Å². The number of carbonyl (C=O) groups is 1. The molecule has 0 spiro atoms. The number of rotatable bonds is 10. The highest BCUT2D eigenvalue weighted by molar-refractivity contribution is 7.91. The predicted octanol–water partition coefficient (Wildman–Crippen LogP) is 4.58. The van der Waals surface area contributed by atoms with E-state index in [1.54, 1.807) is 38.4 Å². The molecule has 0 fully saturated rings. The average molecular weight is 534 g/mol. The van der Waals surface area contributed by atoms with Gasteiger partial charge in [-0.25, -0.2) is 28.6 Å². The molecule has 2 aromatic carbocycles. The summed E-state index contributed by atoms with van der Waals surface area (Å²) in [5.41, 5.74) is 4.04. The SMILES string of the molecule is CC[C@@H](Cc1ccccc1)N(NC[C@@](C)(O)CS(=O)(=O)c1ccc2ncsc2c1)C(=O)OC(C)(C)C. The third-order valence-electron chi connectivity index (χ3n) is 5.53. The highest BCUT2D eigenvalue weighted by Crippen LogP contribution is 2.24. The molecule has 10 heteroatoms. The molecule has 196 valence electrons. The number of nitrogens with zero attached hydrogens (tertiary/aromatic N) is 2. The van der Waals surface area contributed by atoms with Crippen molar-refractivity contribution in [3.63, 3.8) is 0 Å². The molecule has 0 aliphatic heterocycles. The highest BCUT2D eigenvalue weighted by Gasteiger charge is 2.34. The normalized spacial score (nSPS) is 14.8. The summed E-state index contributed by atoms with van der Waals surface area (Å²) in [6.45, 7) is 8.58. The number of sulfone groups is 1. The molecule has 0 saturated heterocycles. The van der Waals surface area contributed by atoms with E-state index in [-0.39, 0.29) is 17.5 Å². The molecular weight excluding hydrogens is 498 g/mol. The van der Waals surface area contributed by atoms with Crippen molar-refractivity contribution < 1.29 is 23.1 Å². The molecule has 0 aliphatic carbocycles. The Hall–Kier alpha value is -2.53. The maximum absolute atomic E-state index is 13.1. The fourth-order valence-corrected chi connectivity index (χ4v) is 6.24. The van der Waals surface area contributed by atoms with Gasteiger partial charge in [-0.15, -0.1) is 11.3 Å². The molecule has 0 saturated carbocycles. The van der Waals surface area contributed by atoms with Gasteiger partial charge >= 0.3 is 6.09 Å². The van der Waals surface area contributed by atoms with Crippen molar-refractivity contribution in [3.05, 3.63) is 59.6 Å². The number of thiazole rings is 1. The lowest BCUT2D eigenvalue weighted by atomic mass is 10.0. The molecule has 0 unspecified atom stereocenters. The van der Waals surface area contributed by atoms with Crippen LogP contribution in [0.2, 0.25) is 0 Å². The van der Waals surface area contributed by atoms with Crippen molar-refractivity contribution >= 4 is 37.5 Å². The van der Waals surface area contributed by atoms with E-state index in [9.17, 15) is 18.3 Å². The van der Waals surface area contributed by atoms with Crippen LogP contribution in [0.15, 0.2) is 58.9 Å². The van der Waals surface area contributed by atoms with E-state index in [2.05, 4.69) is 10.4 Å². The molecular formula is C26H35N3O5S2. The minimum Gasteiger partial charge on any atom is -0.443 e. The smallest absolute Gasteiger partial charge is 0.425 e. The van der Waals surface area contributed by atoms with Gasteiger partial charge < -0.3 is 9.84 Å². The number of hydrogen-bond acceptors (Lipinski definition) is 8. The number of nitrogens with one attached hydrogen (secondary N) is 1. The van der Waals surface area contributed by atoms with Gasteiger partial charge in [0.05, 0.1) is 38.0 Å².